The fourth-order valence-electron chi connectivity index (χ4n) is 3.46. The first-order valence-electron chi connectivity index (χ1n) is 8.98. The highest BCUT2D eigenvalue weighted by atomic mass is 16.7. The molecular weight excluding hydrogens is 344 g/mol. The fraction of sp³-hybridized carbons (Fsp3) is 0.350. The minimum Gasteiger partial charge on any atom is -0.356 e. The molecule has 2 aromatic rings. The van der Waals surface area contributed by atoms with E-state index < -0.39 is 5.79 Å². The van der Waals surface area contributed by atoms with Gasteiger partial charge in [0, 0.05) is 43.4 Å². The van der Waals surface area contributed by atoms with Crippen LogP contribution in [0.4, 0.5) is 11.5 Å². The summed E-state index contributed by atoms with van der Waals surface area (Å²) in [4.78, 5) is 19.1. The van der Waals surface area contributed by atoms with Crippen molar-refractivity contribution in [3.05, 3.63) is 53.7 Å². The van der Waals surface area contributed by atoms with E-state index in [9.17, 15) is 4.79 Å². The van der Waals surface area contributed by atoms with Gasteiger partial charge in [-0.2, -0.15) is 5.26 Å². The Morgan fingerprint density at radius 1 is 1.19 bits per heavy atom. The quantitative estimate of drug-likeness (QED) is 0.901. The van der Waals surface area contributed by atoms with Crippen molar-refractivity contribution < 1.29 is 14.3 Å². The molecule has 1 N–H and O–H groups in total. The van der Waals surface area contributed by atoms with Crippen LogP contribution in [-0.4, -0.2) is 43.0 Å². The van der Waals surface area contributed by atoms with Crippen molar-refractivity contribution in [2.24, 2.45) is 0 Å². The zero-order valence-electron chi connectivity index (χ0n) is 14.9. The third-order valence-corrected chi connectivity index (χ3v) is 4.92. The normalized spacial score (nSPS) is 18.3. The number of hydrogen-bond donors (Lipinski definition) is 1. The molecule has 1 spiro atoms. The summed E-state index contributed by atoms with van der Waals surface area (Å²) in [6.07, 6.45) is 3.21. The number of benzene rings is 1. The lowest BCUT2D eigenvalue weighted by Crippen LogP contribution is -2.45. The average Bonchev–Trinajstić information content (AvgIpc) is 3.16. The van der Waals surface area contributed by atoms with Crippen LogP contribution in [0.3, 0.4) is 0 Å². The summed E-state index contributed by atoms with van der Waals surface area (Å²) < 4.78 is 11.5. The molecule has 1 aromatic carbocycles. The standard InChI is InChI=1S/C20H20N4O3/c21-14-15-2-1-3-17(12-15)23-19(25)16-4-7-22-18(13-16)24-8-5-20(6-9-24)26-10-11-27-20/h1-4,7,12-13H,5-6,8-11H2,(H,23,25). The van der Waals surface area contributed by atoms with E-state index in [2.05, 4.69) is 21.3 Å². The topological polar surface area (TPSA) is 87.5 Å². The van der Waals surface area contributed by atoms with Crippen molar-refractivity contribution in [3.8, 4) is 6.07 Å². The van der Waals surface area contributed by atoms with E-state index in [1.54, 1.807) is 42.6 Å². The molecule has 0 aliphatic carbocycles. The van der Waals surface area contributed by atoms with E-state index in [0.29, 0.717) is 30.0 Å². The predicted octanol–water partition coefficient (Wildman–Crippen LogP) is 2.55. The number of amides is 1. The summed E-state index contributed by atoms with van der Waals surface area (Å²) >= 11 is 0. The monoisotopic (exact) mass is 364 g/mol. The molecule has 138 valence electrons. The molecule has 27 heavy (non-hydrogen) atoms. The summed E-state index contributed by atoms with van der Waals surface area (Å²) in [6, 6.07) is 12.4. The first kappa shape index (κ1) is 17.5. The third-order valence-electron chi connectivity index (χ3n) is 4.92. The summed E-state index contributed by atoms with van der Waals surface area (Å²) in [7, 11) is 0. The summed E-state index contributed by atoms with van der Waals surface area (Å²) in [5.41, 5.74) is 1.62. The van der Waals surface area contributed by atoms with Gasteiger partial charge in [-0.25, -0.2) is 4.98 Å². The van der Waals surface area contributed by atoms with Crippen molar-refractivity contribution in [2.75, 3.05) is 36.5 Å². The molecule has 0 bridgehead atoms. The molecule has 0 unspecified atom stereocenters. The second-order valence-electron chi connectivity index (χ2n) is 6.64. The van der Waals surface area contributed by atoms with Crippen molar-refractivity contribution in [1.29, 1.82) is 5.26 Å². The number of nitriles is 1. The molecule has 1 amide bonds. The van der Waals surface area contributed by atoms with E-state index in [-0.39, 0.29) is 5.91 Å². The van der Waals surface area contributed by atoms with Crippen LogP contribution in [0.25, 0.3) is 0 Å². The molecule has 0 saturated carbocycles. The van der Waals surface area contributed by atoms with Crippen molar-refractivity contribution >= 4 is 17.4 Å². The summed E-state index contributed by atoms with van der Waals surface area (Å²) in [6.45, 7) is 2.84. The van der Waals surface area contributed by atoms with Gasteiger partial charge >= 0.3 is 0 Å². The number of pyridine rings is 1. The highest BCUT2D eigenvalue weighted by molar-refractivity contribution is 6.04. The number of hydrogen-bond acceptors (Lipinski definition) is 6. The predicted molar refractivity (Wildman–Crippen MR) is 99.4 cm³/mol. The van der Waals surface area contributed by atoms with Crippen LogP contribution in [0.15, 0.2) is 42.6 Å². The van der Waals surface area contributed by atoms with Gasteiger partial charge in [0.15, 0.2) is 5.79 Å². The van der Waals surface area contributed by atoms with E-state index in [4.69, 9.17) is 14.7 Å². The van der Waals surface area contributed by atoms with E-state index in [1.807, 2.05) is 0 Å². The third kappa shape index (κ3) is 3.77. The Morgan fingerprint density at radius 2 is 1.96 bits per heavy atom. The Labute approximate surface area is 157 Å². The second kappa shape index (κ2) is 7.35. The average molecular weight is 364 g/mol. The number of anilines is 2. The lowest BCUT2D eigenvalue weighted by atomic mass is 10.0. The maximum atomic E-state index is 12.6. The Balaban J connectivity index is 1.44. The highest BCUT2D eigenvalue weighted by Crippen LogP contribution is 2.32. The van der Waals surface area contributed by atoms with Crippen LogP contribution in [-0.2, 0) is 9.47 Å². The first-order chi connectivity index (χ1) is 13.2. The number of aromatic nitrogens is 1. The summed E-state index contributed by atoms with van der Waals surface area (Å²) in [5.74, 6) is 0.1000. The van der Waals surface area contributed by atoms with Gasteiger partial charge in [0.2, 0.25) is 0 Å². The zero-order valence-corrected chi connectivity index (χ0v) is 14.9. The molecule has 0 radical (unpaired) electrons. The van der Waals surface area contributed by atoms with Crippen LogP contribution in [0.1, 0.15) is 28.8 Å². The minimum atomic E-state index is -0.433. The number of nitrogens with one attached hydrogen (secondary N) is 1. The number of carbonyl (C=O) groups excluding carboxylic acids is 1. The Kier molecular flexibility index (Phi) is 4.75. The summed E-state index contributed by atoms with van der Waals surface area (Å²) in [5, 5.41) is 11.8. The number of piperidine rings is 1. The zero-order chi connectivity index (χ0) is 18.7. The molecule has 4 rings (SSSR count). The van der Waals surface area contributed by atoms with E-state index >= 15 is 0 Å². The highest BCUT2D eigenvalue weighted by Gasteiger charge is 2.40. The van der Waals surface area contributed by atoms with Gasteiger partial charge in [-0.3, -0.25) is 4.79 Å². The number of rotatable bonds is 3. The van der Waals surface area contributed by atoms with Gasteiger partial charge < -0.3 is 19.7 Å². The SMILES string of the molecule is N#Cc1cccc(NC(=O)c2ccnc(N3CCC4(CC3)OCCO4)c2)c1. The molecule has 2 saturated heterocycles. The van der Waals surface area contributed by atoms with Gasteiger partial charge in [-0.15, -0.1) is 0 Å². The number of nitrogens with zero attached hydrogens (tertiary/aromatic N) is 3. The molecule has 7 heteroatoms. The Morgan fingerprint density at radius 3 is 2.70 bits per heavy atom. The Hall–Kier alpha value is -2.95. The van der Waals surface area contributed by atoms with Crippen molar-refractivity contribution in [3.63, 3.8) is 0 Å². The van der Waals surface area contributed by atoms with Crippen LogP contribution in [0, 0.1) is 11.3 Å². The van der Waals surface area contributed by atoms with Crippen LogP contribution < -0.4 is 10.2 Å². The van der Waals surface area contributed by atoms with Crippen LogP contribution in [0.2, 0.25) is 0 Å². The number of ether oxygens (including phenoxy) is 2. The van der Waals surface area contributed by atoms with Gasteiger partial charge in [-0.05, 0) is 30.3 Å². The second-order valence-corrected chi connectivity index (χ2v) is 6.64. The fourth-order valence-corrected chi connectivity index (χ4v) is 3.46. The molecule has 1 aromatic heterocycles. The van der Waals surface area contributed by atoms with Gasteiger partial charge in [0.1, 0.15) is 5.82 Å². The van der Waals surface area contributed by atoms with E-state index in [1.165, 1.54) is 0 Å². The molecular formula is C20H20N4O3. The molecule has 2 aliphatic heterocycles. The van der Waals surface area contributed by atoms with Crippen molar-refractivity contribution in [1.82, 2.24) is 4.98 Å². The van der Waals surface area contributed by atoms with E-state index in [0.717, 1.165) is 31.7 Å². The van der Waals surface area contributed by atoms with Crippen LogP contribution >= 0.6 is 0 Å². The van der Waals surface area contributed by atoms with Crippen molar-refractivity contribution in [2.45, 2.75) is 18.6 Å². The molecule has 2 aliphatic rings. The molecule has 0 atom stereocenters. The largest absolute Gasteiger partial charge is 0.356 e. The maximum Gasteiger partial charge on any atom is 0.255 e. The van der Waals surface area contributed by atoms with Crippen LogP contribution in [0.5, 0.6) is 0 Å². The molecule has 7 nitrogen and oxygen atoms in total. The molecule has 3 heterocycles. The lowest BCUT2D eigenvalue weighted by Gasteiger charge is -2.38. The first-order valence-corrected chi connectivity index (χ1v) is 8.98. The smallest absolute Gasteiger partial charge is 0.255 e. The van der Waals surface area contributed by atoms with Gasteiger partial charge in [0.05, 0.1) is 24.8 Å². The Bertz CT molecular complexity index is 877. The maximum absolute atomic E-state index is 12.6. The molecule has 2 fully saturated rings. The minimum absolute atomic E-state index is 0.232. The van der Waals surface area contributed by atoms with Gasteiger partial charge in [-0.1, -0.05) is 6.07 Å². The van der Waals surface area contributed by atoms with Gasteiger partial charge in [0.25, 0.3) is 5.91 Å². The number of carbonyl (C=O) groups is 1. The lowest BCUT2D eigenvalue weighted by molar-refractivity contribution is -0.169.